The van der Waals surface area contributed by atoms with E-state index in [2.05, 4.69) is 0 Å². The average molecular weight is 290 g/mol. The first-order valence-corrected chi connectivity index (χ1v) is 5.01. The van der Waals surface area contributed by atoms with Crippen LogP contribution < -0.4 is 0 Å². The first-order chi connectivity index (χ1) is 7.81. The third kappa shape index (κ3) is 3.03. The van der Waals surface area contributed by atoms with Gasteiger partial charge in [0.05, 0.1) is 0 Å². The number of hydrogen-bond donors (Lipinski definition) is 0. The van der Waals surface area contributed by atoms with Gasteiger partial charge in [0, 0.05) is 0 Å². The second-order valence-corrected chi connectivity index (χ2v) is 3.86. The van der Waals surface area contributed by atoms with Gasteiger partial charge in [0.1, 0.15) is 0 Å². The molecular weight excluding hydrogens is 279 g/mol. The van der Waals surface area contributed by atoms with Gasteiger partial charge >= 0.3 is 18.5 Å². The Balaban J connectivity index is 5.61. The largest absolute Gasteiger partial charge is 0.412 e. The molecule has 0 nitrogen and oxygen atoms in total. The fourth-order valence-corrected chi connectivity index (χ4v) is 1.55. The molecule has 18 heavy (non-hydrogen) atoms. The Bertz CT molecular complexity index is 221. The Morgan fingerprint density at radius 2 is 0.944 bits per heavy atom. The van der Waals surface area contributed by atoms with Crippen LogP contribution in [0.2, 0.25) is 0 Å². The first-order valence-electron chi connectivity index (χ1n) is 5.01. The number of unbranched alkanes of at least 4 members (excludes halogenated alkanes) is 2. The van der Waals surface area contributed by atoms with Crippen molar-refractivity contribution in [2.45, 2.75) is 51.1 Å². The van der Waals surface area contributed by atoms with Gasteiger partial charge in [-0.05, 0) is 6.42 Å². The second kappa shape index (κ2) is 5.16. The van der Waals surface area contributed by atoms with Crippen molar-refractivity contribution in [1.82, 2.24) is 0 Å². The van der Waals surface area contributed by atoms with E-state index in [4.69, 9.17) is 0 Å². The van der Waals surface area contributed by atoms with Crippen molar-refractivity contribution < 1.29 is 39.5 Å². The molecule has 0 radical (unpaired) electrons. The molecule has 0 atom stereocenters. The maximum Gasteiger partial charge on any atom is 0.412 e. The maximum absolute atomic E-state index is 12.4. The van der Waals surface area contributed by atoms with E-state index >= 15 is 0 Å². The molecule has 110 valence electrons. The van der Waals surface area contributed by atoms with Crippen molar-refractivity contribution in [2.24, 2.45) is 5.41 Å². The Labute approximate surface area is 97.1 Å². The van der Waals surface area contributed by atoms with Gasteiger partial charge < -0.3 is 0 Å². The number of rotatable bonds is 4. The van der Waals surface area contributed by atoms with E-state index < -0.39 is 36.8 Å². The lowest BCUT2D eigenvalue weighted by Crippen LogP contribution is -2.59. The summed E-state index contributed by atoms with van der Waals surface area (Å²) >= 11 is 0. The van der Waals surface area contributed by atoms with Crippen LogP contribution in [0.3, 0.4) is 0 Å². The smallest absolute Gasteiger partial charge is 0.170 e. The minimum Gasteiger partial charge on any atom is -0.170 e. The fourth-order valence-electron chi connectivity index (χ4n) is 1.55. The third-order valence-corrected chi connectivity index (χ3v) is 2.61. The Hall–Kier alpha value is -0.630. The van der Waals surface area contributed by atoms with Gasteiger partial charge in [-0.3, -0.25) is 0 Å². The highest BCUT2D eigenvalue weighted by atomic mass is 19.4. The van der Waals surface area contributed by atoms with E-state index in [9.17, 15) is 39.5 Å². The predicted octanol–water partition coefficient (Wildman–Crippen LogP) is 5.24. The van der Waals surface area contributed by atoms with Gasteiger partial charge in [0.2, 0.25) is 0 Å². The second-order valence-electron chi connectivity index (χ2n) is 3.86. The lowest BCUT2D eigenvalue weighted by Gasteiger charge is -2.38. The number of hydrogen-bond acceptors (Lipinski definition) is 0. The molecular formula is C9H11F9. The van der Waals surface area contributed by atoms with Crippen molar-refractivity contribution in [3.05, 3.63) is 0 Å². The molecule has 0 heterocycles. The minimum absolute atomic E-state index is 0.135. The zero-order valence-electron chi connectivity index (χ0n) is 9.23. The molecule has 0 aliphatic heterocycles. The summed E-state index contributed by atoms with van der Waals surface area (Å²) in [6.07, 6.45) is -22.0. The van der Waals surface area contributed by atoms with Gasteiger partial charge in [0.25, 0.3) is 5.41 Å². The quantitative estimate of drug-likeness (QED) is 0.490. The molecule has 0 fully saturated rings. The first kappa shape index (κ1) is 17.4. The van der Waals surface area contributed by atoms with Crippen LogP contribution in [0.1, 0.15) is 32.6 Å². The van der Waals surface area contributed by atoms with Crippen LogP contribution in [0.15, 0.2) is 0 Å². The highest BCUT2D eigenvalue weighted by Gasteiger charge is 2.82. The molecule has 0 aromatic carbocycles. The zero-order valence-corrected chi connectivity index (χ0v) is 9.23. The van der Waals surface area contributed by atoms with Crippen LogP contribution in [0.25, 0.3) is 0 Å². The molecule has 0 aromatic heterocycles. The highest BCUT2D eigenvalue weighted by Crippen LogP contribution is 2.61. The van der Waals surface area contributed by atoms with Crippen LogP contribution in [-0.4, -0.2) is 18.5 Å². The van der Waals surface area contributed by atoms with Crippen molar-refractivity contribution in [2.75, 3.05) is 0 Å². The van der Waals surface area contributed by atoms with Gasteiger partial charge in [-0.2, -0.15) is 39.5 Å². The molecule has 0 spiro atoms. The SMILES string of the molecule is CCCCCC(C(F)(F)F)(C(F)(F)F)C(F)(F)F. The summed E-state index contributed by atoms with van der Waals surface area (Å²) in [5, 5.41) is 0. The molecule has 0 aromatic rings. The molecule has 0 aliphatic carbocycles. The van der Waals surface area contributed by atoms with Crippen LogP contribution in [0.4, 0.5) is 39.5 Å². The summed E-state index contributed by atoms with van der Waals surface area (Å²) in [7, 11) is 0. The normalized spacial score (nSPS) is 15.0. The summed E-state index contributed by atoms with van der Waals surface area (Å²) < 4.78 is 111. The Morgan fingerprint density at radius 1 is 0.611 bits per heavy atom. The van der Waals surface area contributed by atoms with Crippen LogP contribution in [-0.2, 0) is 0 Å². The molecule has 0 saturated carbocycles. The summed E-state index contributed by atoms with van der Waals surface area (Å²) in [6.45, 7) is 1.45. The van der Waals surface area contributed by atoms with Crippen molar-refractivity contribution in [1.29, 1.82) is 0 Å². The standard InChI is InChI=1S/C9H11F9/c1-2-3-4-5-6(7(10,11)12,8(13,14)15)9(16,17)18/h2-5H2,1H3. The van der Waals surface area contributed by atoms with E-state index in [0.717, 1.165) is 0 Å². The fraction of sp³-hybridized carbons (Fsp3) is 1.00. The third-order valence-electron chi connectivity index (χ3n) is 2.61. The highest BCUT2D eigenvalue weighted by molar-refractivity contribution is 4.99. The molecule has 0 saturated heterocycles. The minimum atomic E-state index is -6.42. The van der Waals surface area contributed by atoms with Crippen LogP contribution in [0, 0.1) is 5.41 Å². The van der Waals surface area contributed by atoms with Gasteiger partial charge in [-0.25, -0.2) is 0 Å². The molecule has 0 amide bonds. The Morgan fingerprint density at radius 3 is 1.17 bits per heavy atom. The van der Waals surface area contributed by atoms with Gasteiger partial charge in [0.15, 0.2) is 0 Å². The lowest BCUT2D eigenvalue weighted by atomic mass is 9.80. The van der Waals surface area contributed by atoms with E-state index in [0.29, 0.717) is 0 Å². The van der Waals surface area contributed by atoms with Crippen LogP contribution in [0.5, 0.6) is 0 Å². The zero-order chi connectivity index (χ0) is 14.8. The van der Waals surface area contributed by atoms with E-state index in [1.165, 1.54) is 6.92 Å². The summed E-state index contributed by atoms with van der Waals surface area (Å²) in [5.41, 5.74) is -5.64. The molecule has 0 rings (SSSR count). The summed E-state index contributed by atoms with van der Waals surface area (Å²) in [6, 6.07) is 0. The average Bonchev–Trinajstić information content (AvgIpc) is 2.05. The topological polar surface area (TPSA) is 0 Å². The Kier molecular flexibility index (Phi) is 4.98. The number of alkyl halides is 9. The van der Waals surface area contributed by atoms with Crippen LogP contribution >= 0.6 is 0 Å². The van der Waals surface area contributed by atoms with Gasteiger partial charge in [-0.1, -0.05) is 26.2 Å². The van der Waals surface area contributed by atoms with Gasteiger partial charge in [-0.15, -0.1) is 0 Å². The summed E-state index contributed by atoms with van der Waals surface area (Å²) in [5.74, 6) is 0. The predicted molar refractivity (Wildman–Crippen MR) is 44.7 cm³/mol. The molecule has 0 N–H and O–H groups in total. The van der Waals surface area contributed by atoms with Crippen molar-refractivity contribution in [3.8, 4) is 0 Å². The van der Waals surface area contributed by atoms with E-state index in [1.807, 2.05) is 0 Å². The number of halogens is 9. The lowest BCUT2D eigenvalue weighted by molar-refractivity contribution is -0.429. The monoisotopic (exact) mass is 290 g/mol. The molecule has 0 bridgehead atoms. The molecule has 0 aliphatic rings. The van der Waals surface area contributed by atoms with Crippen molar-refractivity contribution in [3.63, 3.8) is 0 Å². The van der Waals surface area contributed by atoms with E-state index in [1.54, 1.807) is 0 Å². The summed E-state index contributed by atoms with van der Waals surface area (Å²) in [4.78, 5) is 0. The van der Waals surface area contributed by atoms with Crippen molar-refractivity contribution >= 4 is 0 Å². The molecule has 9 heteroatoms. The maximum atomic E-state index is 12.4. The molecule has 0 unspecified atom stereocenters. The van der Waals surface area contributed by atoms with E-state index in [-0.39, 0.29) is 12.8 Å².